The fraction of sp³-hybridized carbons (Fsp3) is 0.385. The van der Waals surface area contributed by atoms with Crippen molar-refractivity contribution in [2.24, 2.45) is 0 Å². The Morgan fingerprint density at radius 1 is 0.842 bits per heavy atom. The maximum atomic E-state index is 13.0. The molecule has 0 N–H and O–H groups in total. The van der Waals surface area contributed by atoms with Crippen LogP contribution in [-0.2, 0) is 33.7 Å². The molecule has 2 rings (SSSR count). The summed E-state index contributed by atoms with van der Waals surface area (Å²) in [4.78, 5) is 39.7. The largest absolute Gasteiger partial charge is 0.508 e. The summed E-state index contributed by atoms with van der Waals surface area (Å²) in [7, 11) is -3.44. The molecule has 0 heterocycles. The first kappa shape index (κ1) is 30.3. The Bertz CT molecular complexity index is 1210. The zero-order valence-corrected chi connectivity index (χ0v) is 22.1. The Morgan fingerprint density at radius 3 is 2.05 bits per heavy atom. The first-order valence-corrected chi connectivity index (χ1v) is 13.9. The van der Waals surface area contributed by atoms with Crippen LogP contribution in [0.3, 0.4) is 0 Å². The minimum Gasteiger partial charge on any atom is -0.462 e. The molecule has 2 aromatic carbocycles. The van der Waals surface area contributed by atoms with Gasteiger partial charge in [0, 0.05) is 11.8 Å². The smallest absolute Gasteiger partial charge is 0.462 e. The van der Waals surface area contributed by atoms with E-state index in [-0.39, 0.29) is 36.9 Å². The van der Waals surface area contributed by atoms with E-state index in [1.165, 1.54) is 24.3 Å². The third-order valence-electron chi connectivity index (χ3n) is 5.26. The van der Waals surface area contributed by atoms with Crippen LogP contribution in [0.2, 0.25) is 0 Å². The van der Waals surface area contributed by atoms with Crippen molar-refractivity contribution in [3.8, 4) is 0 Å². The number of hydrogen-bond acceptors (Lipinski definition) is 10. The van der Waals surface area contributed by atoms with Crippen LogP contribution in [0.1, 0.15) is 43.7 Å². The summed E-state index contributed by atoms with van der Waals surface area (Å²) in [6, 6.07) is 14.6. The monoisotopic (exact) mass is 549 g/mol. The van der Waals surface area contributed by atoms with Gasteiger partial charge in [-0.3, -0.25) is 0 Å². The van der Waals surface area contributed by atoms with Gasteiger partial charge in [-0.05, 0) is 49.4 Å². The van der Waals surface area contributed by atoms with Gasteiger partial charge in [-0.2, -0.15) is 0 Å². The molecule has 0 saturated carbocycles. The van der Waals surface area contributed by atoms with E-state index in [0.29, 0.717) is 42.4 Å². The summed E-state index contributed by atoms with van der Waals surface area (Å²) in [6.45, 7) is 1.56. The molecule has 0 aliphatic carbocycles. The lowest BCUT2D eigenvalue weighted by atomic mass is 9.95. The van der Waals surface area contributed by atoms with Gasteiger partial charge in [0.2, 0.25) is 0 Å². The molecular formula is C26H31NO10S. The SMILES string of the molecule is CCOC(=O)/C(=C(\COC(=O)OCCCCCCO[N+](=O)[O-])c1ccc(S(C)(=O)=O)cc1)c1ccccc1. The second-order valence-corrected chi connectivity index (χ2v) is 10.1. The van der Waals surface area contributed by atoms with Crippen LogP contribution in [0.4, 0.5) is 4.79 Å². The van der Waals surface area contributed by atoms with Crippen molar-refractivity contribution in [3.63, 3.8) is 0 Å². The van der Waals surface area contributed by atoms with Crippen molar-refractivity contribution in [2.75, 3.05) is 32.7 Å². The Hall–Kier alpha value is -3.93. The molecule has 0 aliphatic heterocycles. The number of ether oxygens (including phenoxy) is 3. The molecule has 0 spiro atoms. The normalized spacial score (nSPS) is 11.7. The van der Waals surface area contributed by atoms with E-state index in [0.717, 1.165) is 6.26 Å². The first-order chi connectivity index (χ1) is 18.1. The van der Waals surface area contributed by atoms with E-state index in [9.17, 15) is 28.1 Å². The summed E-state index contributed by atoms with van der Waals surface area (Å²) < 4.78 is 39.5. The van der Waals surface area contributed by atoms with Crippen LogP contribution in [-0.4, -0.2) is 58.3 Å². The number of esters is 1. The summed E-state index contributed by atoms with van der Waals surface area (Å²) in [5.74, 6) is -0.626. The highest BCUT2D eigenvalue weighted by atomic mass is 32.2. The molecular weight excluding hydrogens is 518 g/mol. The van der Waals surface area contributed by atoms with E-state index < -0.39 is 27.0 Å². The molecule has 0 amide bonds. The molecule has 0 saturated heterocycles. The number of hydrogen-bond donors (Lipinski definition) is 0. The Balaban J connectivity index is 2.18. The lowest BCUT2D eigenvalue weighted by Crippen LogP contribution is -2.15. The molecule has 0 atom stereocenters. The maximum Gasteiger partial charge on any atom is 0.508 e. The second-order valence-electron chi connectivity index (χ2n) is 8.09. The van der Waals surface area contributed by atoms with Crippen molar-refractivity contribution in [1.82, 2.24) is 0 Å². The number of nitrogens with zero attached hydrogens (tertiary/aromatic N) is 1. The number of benzene rings is 2. The van der Waals surface area contributed by atoms with E-state index in [1.807, 2.05) is 0 Å². The van der Waals surface area contributed by atoms with E-state index >= 15 is 0 Å². The van der Waals surface area contributed by atoms with Crippen molar-refractivity contribution >= 4 is 33.1 Å². The zero-order valence-electron chi connectivity index (χ0n) is 21.3. The summed E-state index contributed by atoms with van der Waals surface area (Å²) >= 11 is 0. The molecule has 0 aliphatic rings. The van der Waals surface area contributed by atoms with Gasteiger partial charge in [0.15, 0.2) is 9.84 Å². The number of rotatable bonds is 15. The van der Waals surface area contributed by atoms with Gasteiger partial charge < -0.3 is 19.0 Å². The standard InChI is InChI=1S/C26H31NO10S/c1-3-34-25(28)24(21-11-7-6-8-12-21)23(20-13-15-22(16-14-20)38(2,32)33)19-36-26(29)35-17-9-4-5-10-18-37-27(30)31/h6-8,11-16H,3-5,9-10,17-19H2,1-2H3/b24-23+. The van der Waals surface area contributed by atoms with Gasteiger partial charge in [-0.15, -0.1) is 10.1 Å². The molecule has 12 heteroatoms. The average Bonchev–Trinajstić information content (AvgIpc) is 2.88. The van der Waals surface area contributed by atoms with Crippen LogP contribution >= 0.6 is 0 Å². The van der Waals surface area contributed by atoms with Crippen LogP contribution in [0.15, 0.2) is 59.5 Å². The second kappa shape index (κ2) is 15.4. The molecule has 0 fully saturated rings. The highest BCUT2D eigenvalue weighted by Gasteiger charge is 2.22. The number of unbranched alkanes of at least 4 members (excludes halogenated alkanes) is 3. The average molecular weight is 550 g/mol. The molecule has 38 heavy (non-hydrogen) atoms. The van der Waals surface area contributed by atoms with E-state index in [2.05, 4.69) is 4.84 Å². The Kier molecular flexibility index (Phi) is 12.2. The maximum absolute atomic E-state index is 13.0. The van der Waals surface area contributed by atoms with Crippen molar-refractivity contribution < 1.29 is 42.1 Å². The minimum atomic E-state index is -3.44. The highest BCUT2D eigenvalue weighted by molar-refractivity contribution is 7.90. The van der Waals surface area contributed by atoms with E-state index in [4.69, 9.17) is 14.2 Å². The lowest BCUT2D eigenvalue weighted by Gasteiger charge is -2.16. The van der Waals surface area contributed by atoms with Gasteiger partial charge in [0.25, 0.3) is 5.09 Å². The molecule has 0 bridgehead atoms. The zero-order chi connectivity index (χ0) is 28.0. The molecule has 0 aromatic heterocycles. The third kappa shape index (κ3) is 10.2. The Morgan fingerprint density at radius 2 is 1.47 bits per heavy atom. The molecule has 0 unspecified atom stereocenters. The van der Waals surface area contributed by atoms with Gasteiger partial charge in [-0.1, -0.05) is 48.9 Å². The molecule has 11 nitrogen and oxygen atoms in total. The Labute approximate surface area is 221 Å². The van der Waals surface area contributed by atoms with Crippen LogP contribution in [0.25, 0.3) is 11.1 Å². The number of sulfone groups is 1. The highest BCUT2D eigenvalue weighted by Crippen LogP contribution is 2.29. The predicted octanol–water partition coefficient (Wildman–Crippen LogP) is 4.49. The summed E-state index contributed by atoms with van der Waals surface area (Å²) in [5.41, 5.74) is 1.49. The third-order valence-corrected chi connectivity index (χ3v) is 6.39. The fourth-order valence-electron chi connectivity index (χ4n) is 3.45. The van der Waals surface area contributed by atoms with E-state index in [1.54, 1.807) is 37.3 Å². The summed E-state index contributed by atoms with van der Waals surface area (Å²) in [6.07, 6.45) is 2.53. The van der Waals surface area contributed by atoms with Crippen molar-refractivity contribution in [1.29, 1.82) is 0 Å². The first-order valence-electron chi connectivity index (χ1n) is 12.0. The quantitative estimate of drug-likeness (QED) is 0.0777. The molecule has 0 radical (unpaired) electrons. The summed E-state index contributed by atoms with van der Waals surface area (Å²) in [5, 5.41) is 9.28. The van der Waals surface area contributed by atoms with Crippen LogP contribution in [0.5, 0.6) is 0 Å². The van der Waals surface area contributed by atoms with Gasteiger partial charge in [0.05, 0.1) is 30.3 Å². The topological polar surface area (TPSA) is 148 Å². The van der Waals surface area contributed by atoms with Crippen LogP contribution < -0.4 is 0 Å². The molecule has 206 valence electrons. The van der Waals surface area contributed by atoms with Gasteiger partial charge in [-0.25, -0.2) is 18.0 Å². The van der Waals surface area contributed by atoms with Crippen molar-refractivity contribution in [3.05, 3.63) is 75.8 Å². The van der Waals surface area contributed by atoms with Crippen molar-refractivity contribution in [2.45, 2.75) is 37.5 Å². The van der Waals surface area contributed by atoms with Crippen LogP contribution in [0, 0.1) is 10.1 Å². The molecule has 2 aromatic rings. The predicted molar refractivity (Wildman–Crippen MR) is 138 cm³/mol. The minimum absolute atomic E-state index is 0.0143. The van der Waals surface area contributed by atoms with Gasteiger partial charge in [0.1, 0.15) is 6.61 Å². The number of carbonyl (C=O) groups is 2. The lowest BCUT2D eigenvalue weighted by molar-refractivity contribution is -0.757. The fourth-order valence-corrected chi connectivity index (χ4v) is 4.08. The van der Waals surface area contributed by atoms with Gasteiger partial charge >= 0.3 is 12.1 Å². The number of carbonyl (C=O) groups excluding carboxylic acids is 2.